The number of rotatable bonds is 6. The maximum absolute atomic E-state index is 12.4. The van der Waals surface area contributed by atoms with Gasteiger partial charge in [-0.1, -0.05) is 6.07 Å². The standard InChI is InChI=1S/C13H18N2O4S/c1-10-4-5-11(7-14)6-13(10)20(17,18)15(2)8-12(16)9-19-3/h4-6,12,16H,8-9H2,1-3H3. The summed E-state index contributed by atoms with van der Waals surface area (Å²) in [5, 5.41) is 18.5. The van der Waals surface area contributed by atoms with Crippen molar-refractivity contribution in [1.29, 1.82) is 5.26 Å². The molecule has 7 heteroatoms. The quantitative estimate of drug-likeness (QED) is 0.825. The van der Waals surface area contributed by atoms with E-state index >= 15 is 0 Å². The SMILES string of the molecule is COCC(O)CN(C)S(=O)(=O)c1cc(C#N)ccc1C. The zero-order valence-electron chi connectivity index (χ0n) is 11.7. The van der Waals surface area contributed by atoms with Crippen molar-refractivity contribution in [3.8, 4) is 6.07 Å². The highest BCUT2D eigenvalue weighted by Crippen LogP contribution is 2.20. The number of aryl methyl sites for hydroxylation is 1. The molecular weight excluding hydrogens is 280 g/mol. The third kappa shape index (κ3) is 3.77. The molecule has 1 rings (SSSR count). The van der Waals surface area contributed by atoms with Gasteiger partial charge in [0.15, 0.2) is 0 Å². The highest BCUT2D eigenvalue weighted by atomic mass is 32.2. The second-order valence-corrected chi connectivity index (χ2v) is 6.50. The van der Waals surface area contributed by atoms with E-state index in [9.17, 15) is 13.5 Å². The van der Waals surface area contributed by atoms with Crippen molar-refractivity contribution in [3.63, 3.8) is 0 Å². The first-order chi connectivity index (χ1) is 9.32. The number of ether oxygens (including phenoxy) is 1. The normalized spacial score (nSPS) is 13.2. The summed E-state index contributed by atoms with van der Waals surface area (Å²) in [6, 6.07) is 6.40. The highest BCUT2D eigenvalue weighted by molar-refractivity contribution is 7.89. The van der Waals surface area contributed by atoms with Crippen molar-refractivity contribution >= 4 is 10.0 Å². The van der Waals surface area contributed by atoms with Gasteiger partial charge in [0.2, 0.25) is 10.0 Å². The summed E-state index contributed by atoms with van der Waals surface area (Å²) < 4.78 is 30.7. The molecule has 1 aromatic rings. The summed E-state index contributed by atoms with van der Waals surface area (Å²) in [5.41, 5.74) is 0.831. The predicted octanol–water partition coefficient (Wildman–Crippen LogP) is 0.495. The van der Waals surface area contributed by atoms with Gasteiger partial charge in [0.1, 0.15) is 0 Å². The molecule has 0 bridgehead atoms. The summed E-state index contributed by atoms with van der Waals surface area (Å²) in [4.78, 5) is 0.0728. The lowest BCUT2D eigenvalue weighted by Crippen LogP contribution is -2.36. The molecule has 0 aliphatic rings. The number of aliphatic hydroxyl groups is 1. The van der Waals surface area contributed by atoms with Crippen molar-refractivity contribution in [2.24, 2.45) is 0 Å². The van der Waals surface area contributed by atoms with Gasteiger partial charge in [-0.05, 0) is 24.6 Å². The summed E-state index contributed by atoms with van der Waals surface area (Å²) >= 11 is 0. The number of sulfonamides is 1. The molecule has 1 aromatic carbocycles. The molecule has 0 amide bonds. The average Bonchev–Trinajstić information content (AvgIpc) is 2.39. The van der Waals surface area contributed by atoms with Gasteiger partial charge in [-0.25, -0.2) is 8.42 Å². The first-order valence-corrected chi connectivity index (χ1v) is 7.41. The van der Waals surface area contributed by atoms with Gasteiger partial charge in [-0.15, -0.1) is 0 Å². The van der Waals surface area contributed by atoms with Crippen LogP contribution in [-0.2, 0) is 14.8 Å². The van der Waals surface area contributed by atoms with Crippen LogP contribution < -0.4 is 0 Å². The predicted molar refractivity (Wildman–Crippen MR) is 73.6 cm³/mol. The van der Waals surface area contributed by atoms with E-state index in [1.807, 2.05) is 6.07 Å². The lowest BCUT2D eigenvalue weighted by Gasteiger charge is -2.21. The Bertz CT molecular complexity index is 607. The van der Waals surface area contributed by atoms with E-state index in [1.165, 1.54) is 20.2 Å². The van der Waals surface area contributed by atoms with Gasteiger partial charge in [0.05, 0.1) is 29.2 Å². The monoisotopic (exact) mass is 298 g/mol. The zero-order chi connectivity index (χ0) is 15.3. The van der Waals surface area contributed by atoms with Crippen LogP contribution in [-0.4, -0.2) is 51.2 Å². The molecule has 6 nitrogen and oxygen atoms in total. The van der Waals surface area contributed by atoms with Gasteiger partial charge in [0.25, 0.3) is 0 Å². The topological polar surface area (TPSA) is 90.6 Å². The fourth-order valence-corrected chi connectivity index (χ4v) is 3.21. The number of nitriles is 1. The number of likely N-dealkylation sites (N-methyl/N-ethyl adjacent to an activating group) is 1. The third-order valence-corrected chi connectivity index (χ3v) is 4.80. The number of hydrogen-bond donors (Lipinski definition) is 1. The highest BCUT2D eigenvalue weighted by Gasteiger charge is 2.25. The van der Waals surface area contributed by atoms with Crippen LogP contribution in [0.25, 0.3) is 0 Å². The van der Waals surface area contributed by atoms with Crippen LogP contribution in [0.4, 0.5) is 0 Å². The first kappa shape index (κ1) is 16.6. The fourth-order valence-electron chi connectivity index (χ4n) is 1.76. The summed E-state index contributed by atoms with van der Waals surface area (Å²) in [7, 11) is -0.938. The first-order valence-electron chi connectivity index (χ1n) is 5.97. The minimum absolute atomic E-state index is 0.0527. The van der Waals surface area contributed by atoms with Gasteiger partial charge < -0.3 is 9.84 Å². The molecule has 0 spiro atoms. The molecule has 0 aliphatic heterocycles. The number of nitrogens with zero attached hydrogens (tertiary/aromatic N) is 2. The van der Waals surface area contributed by atoms with Crippen molar-refractivity contribution in [1.82, 2.24) is 4.31 Å². The molecular formula is C13H18N2O4S. The Morgan fingerprint density at radius 3 is 2.70 bits per heavy atom. The average molecular weight is 298 g/mol. The minimum Gasteiger partial charge on any atom is -0.389 e. The Labute approximate surface area is 119 Å². The molecule has 0 saturated heterocycles. The molecule has 0 radical (unpaired) electrons. The van der Waals surface area contributed by atoms with Gasteiger partial charge in [-0.2, -0.15) is 9.57 Å². The van der Waals surface area contributed by atoms with Crippen molar-refractivity contribution in [2.45, 2.75) is 17.9 Å². The van der Waals surface area contributed by atoms with Crippen LogP contribution in [0.3, 0.4) is 0 Å². The Balaban J connectivity index is 3.07. The lowest BCUT2D eigenvalue weighted by atomic mass is 10.2. The third-order valence-electron chi connectivity index (χ3n) is 2.83. The van der Waals surface area contributed by atoms with Gasteiger partial charge in [-0.3, -0.25) is 0 Å². The van der Waals surface area contributed by atoms with Crippen LogP contribution in [0.15, 0.2) is 23.1 Å². The van der Waals surface area contributed by atoms with Crippen LogP contribution in [0.2, 0.25) is 0 Å². The van der Waals surface area contributed by atoms with E-state index in [1.54, 1.807) is 19.1 Å². The molecule has 1 atom stereocenters. The number of methoxy groups -OCH3 is 1. The van der Waals surface area contributed by atoms with Crippen LogP contribution in [0, 0.1) is 18.3 Å². The van der Waals surface area contributed by atoms with Crippen LogP contribution >= 0.6 is 0 Å². The molecule has 0 aliphatic carbocycles. The Hall–Kier alpha value is -1.46. The van der Waals surface area contributed by atoms with Gasteiger partial charge in [0, 0.05) is 20.7 Å². The minimum atomic E-state index is -3.75. The van der Waals surface area contributed by atoms with Crippen LogP contribution in [0.5, 0.6) is 0 Å². The second-order valence-electron chi connectivity index (χ2n) is 4.49. The number of hydrogen-bond acceptors (Lipinski definition) is 5. The molecule has 0 aromatic heterocycles. The Morgan fingerprint density at radius 2 is 2.15 bits per heavy atom. The molecule has 0 fully saturated rings. The molecule has 1 N–H and O–H groups in total. The van der Waals surface area contributed by atoms with Crippen LogP contribution in [0.1, 0.15) is 11.1 Å². The fraction of sp³-hybridized carbons (Fsp3) is 0.462. The summed E-state index contributed by atoms with van der Waals surface area (Å²) in [6.45, 7) is 1.64. The van der Waals surface area contributed by atoms with E-state index in [0.29, 0.717) is 5.56 Å². The Morgan fingerprint density at radius 1 is 1.50 bits per heavy atom. The van der Waals surface area contributed by atoms with Crippen molar-refractivity contribution < 1.29 is 18.3 Å². The number of benzene rings is 1. The molecule has 0 heterocycles. The number of aliphatic hydroxyl groups excluding tert-OH is 1. The van der Waals surface area contributed by atoms with E-state index in [4.69, 9.17) is 10.00 Å². The largest absolute Gasteiger partial charge is 0.389 e. The van der Waals surface area contributed by atoms with Crippen molar-refractivity contribution in [2.75, 3.05) is 27.3 Å². The molecule has 110 valence electrons. The molecule has 20 heavy (non-hydrogen) atoms. The van der Waals surface area contributed by atoms with E-state index < -0.39 is 16.1 Å². The molecule has 0 saturated carbocycles. The van der Waals surface area contributed by atoms with Gasteiger partial charge >= 0.3 is 0 Å². The second kappa shape index (κ2) is 6.81. The maximum Gasteiger partial charge on any atom is 0.243 e. The van der Waals surface area contributed by atoms with E-state index in [-0.39, 0.29) is 23.6 Å². The van der Waals surface area contributed by atoms with E-state index in [2.05, 4.69) is 0 Å². The smallest absolute Gasteiger partial charge is 0.243 e. The summed E-state index contributed by atoms with van der Waals surface area (Å²) in [5.74, 6) is 0. The molecule has 1 unspecified atom stereocenters. The van der Waals surface area contributed by atoms with Crippen molar-refractivity contribution in [3.05, 3.63) is 29.3 Å². The lowest BCUT2D eigenvalue weighted by molar-refractivity contribution is 0.0554. The Kier molecular flexibility index (Phi) is 5.65. The maximum atomic E-state index is 12.4. The van der Waals surface area contributed by atoms with E-state index in [0.717, 1.165) is 4.31 Å². The zero-order valence-corrected chi connectivity index (χ0v) is 12.5. The summed E-state index contributed by atoms with van der Waals surface area (Å²) in [6.07, 6.45) is -0.903.